The van der Waals surface area contributed by atoms with Crippen molar-refractivity contribution in [2.45, 2.75) is 59.5 Å². The van der Waals surface area contributed by atoms with Crippen molar-refractivity contribution in [2.24, 2.45) is 5.41 Å². The van der Waals surface area contributed by atoms with Crippen LogP contribution in [-0.2, 0) is 13.0 Å². The summed E-state index contributed by atoms with van der Waals surface area (Å²) < 4.78 is 2.27. The number of aryl methyl sites for hydroxylation is 1. The first-order valence-corrected chi connectivity index (χ1v) is 6.63. The second-order valence-electron chi connectivity index (χ2n) is 6.22. The number of nitrogens with one attached hydrogen (secondary N) is 1. The summed E-state index contributed by atoms with van der Waals surface area (Å²) in [6, 6.07) is 0.302. The minimum atomic E-state index is 0.302. The highest BCUT2D eigenvalue weighted by Gasteiger charge is 2.21. The van der Waals surface area contributed by atoms with Gasteiger partial charge in [-0.3, -0.25) is 0 Å². The third-order valence-electron chi connectivity index (χ3n) is 3.35. The van der Waals surface area contributed by atoms with E-state index in [2.05, 4.69) is 47.8 Å². The zero-order valence-corrected chi connectivity index (χ0v) is 11.5. The molecule has 0 spiro atoms. The highest BCUT2D eigenvalue weighted by molar-refractivity contribution is 5.03. The summed E-state index contributed by atoms with van der Waals surface area (Å²) in [6.07, 6.45) is 3.48. The van der Waals surface area contributed by atoms with Crippen LogP contribution in [0.1, 0.15) is 58.2 Å². The molecule has 0 radical (unpaired) electrons. The molecule has 1 aliphatic heterocycles. The molecule has 2 heterocycles. The molecule has 2 rings (SSSR count). The first-order chi connectivity index (χ1) is 7.97. The highest BCUT2D eigenvalue weighted by Crippen LogP contribution is 2.20. The molecule has 96 valence electrons. The van der Waals surface area contributed by atoms with Crippen LogP contribution in [0.2, 0.25) is 0 Å². The largest absolute Gasteiger partial charge is 0.314 e. The molecule has 4 nitrogen and oxygen atoms in total. The van der Waals surface area contributed by atoms with Gasteiger partial charge in [0.05, 0.1) is 6.04 Å². The van der Waals surface area contributed by atoms with E-state index in [0.29, 0.717) is 11.5 Å². The summed E-state index contributed by atoms with van der Waals surface area (Å²) >= 11 is 0. The monoisotopic (exact) mass is 236 g/mol. The lowest BCUT2D eigenvalue weighted by molar-refractivity contribution is 0.354. The van der Waals surface area contributed by atoms with Crippen LogP contribution in [0, 0.1) is 5.41 Å². The molecule has 0 fully saturated rings. The van der Waals surface area contributed by atoms with E-state index in [-0.39, 0.29) is 0 Å². The van der Waals surface area contributed by atoms with Crippen molar-refractivity contribution >= 4 is 0 Å². The van der Waals surface area contributed by atoms with E-state index in [1.807, 2.05) is 0 Å². The standard InChI is InChI=1S/C13H24N4/c1-10(14-8-7-13(2,3)4)12-16-15-11-6-5-9-17(11)12/h10,14H,5-9H2,1-4H3. The van der Waals surface area contributed by atoms with Gasteiger partial charge in [-0.25, -0.2) is 0 Å². The van der Waals surface area contributed by atoms with Gasteiger partial charge in [0, 0.05) is 13.0 Å². The summed E-state index contributed by atoms with van der Waals surface area (Å²) in [5, 5.41) is 12.1. The van der Waals surface area contributed by atoms with E-state index < -0.39 is 0 Å². The van der Waals surface area contributed by atoms with Gasteiger partial charge in [-0.15, -0.1) is 10.2 Å². The average molecular weight is 236 g/mol. The number of nitrogens with zero attached hydrogens (tertiary/aromatic N) is 3. The van der Waals surface area contributed by atoms with Crippen molar-refractivity contribution in [3.63, 3.8) is 0 Å². The van der Waals surface area contributed by atoms with E-state index in [9.17, 15) is 0 Å². The first kappa shape index (κ1) is 12.6. The van der Waals surface area contributed by atoms with E-state index in [0.717, 1.165) is 31.2 Å². The molecular weight excluding hydrogens is 212 g/mol. The summed E-state index contributed by atoms with van der Waals surface area (Å²) in [6.45, 7) is 11.1. The Labute approximate surface area is 104 Å². The SMILES string of the molecule is CC(NCCC(C)(C)C)c1nnc2n1CCC2. The molecule has 1 aliphatic rings. The summed E-state index contributed by atoms with van der Waals surface area (Å²) in [5.74, 6) is 2.26. The lowest BCUT2D eigenvalue weighted by atomic mass is 9.92. The Morgan fingerprint density at radius 3 is 2.82 bits per heavy atom. The lowest BCUT2D eigenvalue weighted by Gasteiger charge is -2.20. The Morgan fingerprint density at radius 1 is 1.35 bits per heavy atom. The van der Waals surface area contributed by atoms with Gasteiger partial charge >= 0.3 is 0 Å². The molecule has 0 saturated carbocycles. The van der Waals surface area contributed by atoms with Gasteiger partial charge in [-0.1, -0.05) is 20.8 Å². The van der Waals surface area contributed by atoms with Crippen LogP contribution in [0.3, 0.4) is 0 Å². The number of hydrogen-bond acceptors (Lipinski definition) is 3. The van der Waals surface area contributed by atoms with Crippen molar-refractivity contribution in [3.8, 4) is 0 Å². The van der Waals surface area contributed by atoms with Crippen molar-refractivity contribution < 1.29 is 0 Å². The Hall–Kier alpha value is -0.900. The molecule has 1 aromatic rings. The fourth-order valence-corrected chi connectivity index (χ4v) is 2.25. The Balaban J connectivity index is 1.89. The molecule has 0 bridgehead atoms. The fraction of sp³-hybridized carbons (Fsp3) is 0.846. The van der Waals surface area contributed by atoms with Crippen LogP contribution in [-0.4, -0.2) is 21.3 Å². The van der Waals surface area contributed by atoms with E-state index in [4.69, 9.17) is 0 Å². The van der Waals surface area contributed by atoms with Crippen molar-refractivity contribution in [1.29, 1.82) is 0 Å². The Morgan fingerprint density at radius 2 is 2.12 bits per heavy atom. The summed E-state index contributed by atoms with van der Waals surface area (Å²) in [5.41, 5.74) is 0.388. The molecule has 1 N–H and O–H groups in total. The minimum absolute atomic E-state index is 0.302. The normalized spacial score (nSPS) is 17.2. The van der Waals surface area contributed by atoms with Crippen LogP contribution < -0.4 is 5.32 Å². The van der Waals surface area contributed by atoms with E-state index in [1.165, 1.54) is 12.8 Å². The minimum Gasteiger partial charge on any atom is -0.314 e. The topological polar surface area (TPSA) is 42.7 Å². The van der Waals surface area contributed by atoms with Crippen LogP contribution in [0.4, 0.5) is 0 Å². The Bertz CT molecular complexity index is 375. The third-order valence-corrected chi connectivity index (χ3v) is 3.35. The zero-order valence-electron chi connectivity index (χ0n) is 11.5. The van der Waals surface area contributed by atoms with E-state index in [1.54, 1.807) is 0 Å². The first-order valence-electron chi connectivity index (χ1n) is 6.63. The van der Waals surface area contributed by atoms with Crippen molar-refractivity contribution in [3.05, 3.63) is 11.6 Å². The van der Waals surface area contributed by atoms with Crippen LogP contribution in [0.25, 0.3) is 0 Å². The number of hydrogen-bond donors (Lipinski definition) is 1. The molecule has 1 atom stereocenters. The molecule has 0 saturated heterocycles. The van der Waals surface area contributed by atoms with Gasteiger partial charge in [-0.05, 0) is 31.7 Å². The molecule has 4 heteroatoms. The third kappa shape index (κ3) is 3.06. The molecule has 1 unspecified atom stereocenters. The summed E-state index contributed by atoms with van der Waals surface area (Å²) in [4.78, 5) is 0. The average Bonchev–Trinajstić information content (AvgIpc) is 2.74. The highest BCUT2D eigenvalue weighted by atomic mass is 15.3. The van der Waals surface area contributed by atoms with Crippen LogP contribution in [0.15, 0.2) is 0 Å². The van der Waals surface area contributed by atoms with Gasteiger partial charge in [-0.2, -0.15) is 0 Å². The maximum absolute atomic E-state index is 4.30. The summed E-state index contributed by atoms with van der Waals surface area (Å²) in [7, 11) is 0. The predicted molar refractivity (Wildman–Crippen MR) is 68.8 cm³/mol. The molecule has 17 heavy (non-hydrogen) atoms. The molecule has 0 amide bonds. The zero-order chi connectivity index (χ0) is 12.5. The quantitative estimate of drug-likeness (QED) is 0.872. The molecule has 1 aromatic heterocycles. The van der Waals surface area contributed by atoms with Gasteiger partial charge in [0.2, 0.25) is 0 Å². The van der Waals surface area contributed by atoms with Crippen LogP contribution >= 0.6 is 0 Å². The van der Waals surface area contributed by atoms with Gasteiger partial charge < -0.3 is 9.88 Å². The molecule has 0 aromatic carbocycles. The van der Waals surface area contributed by atoms with Crippen molar-refractivity contribution in [2.75, 3.05) is 6.54 Å². The smallest absolute Gasteiger partial charge is 0.149 e. The number of rotatable bonds is 4. The number of aromatic nitrogens is 3. The van der Waals surface area contributed by atoms with Gasteiger partial charge in [0.15, 0.2) is 0 Å². The second kappa shape index (κ2) is 4.77. The predicted octanol–water partition coefficient (Wildman–Crippen LogP) is 2.31. The fourth-order valence-electron chi connectivity index (χ4n) is 2.25. The van der Waals surface area contributed by atoms with Crippen molar-refractivity contribution in [1.82, 2.24) is 20.1 Å². The number of fused-ring (bicyclic) bond motifs is 1. The van der Waals surface area contributed by atoms with E-state index >= 15 is 0 Å². The Kier molecular flexibility index (Phi) is 3.52. The molecule has 0 aliphatic carbocycles. The maximum Gasteiger partial charge on any atom is 0.149 e. The van der Waals surface area contributed by atoms with Gasteiger partial charge in [0.25, 0.3) is 0 Å². The molecular formula is C13H24N4. The lowest BCUT2D eigenvalue weighted by Crippen LogP contribution is -2.25. The second-order valence-corrected chi connectivity index (χ2v) is 6.22. The maximum atomic E-state index is 4.30. The van der Waals surface area contributed by atoms with Crippen LogP contribution in [0.5, 0.6) is 0 Å². The van der Waals surface area contributed by atoms with Gasteiger partial charge in [0.1, 0.15) is 11.6 Å².